The molecule has 0 aromatic heterocycles. The molecule has 0 amide bonds. The second-order valence-corrected chi connectivity index (χ2v) is 26.0. The molecule has 0 aliphatic rings. The van der Waals surface area contributed by atoms with Gasteiger partial charge in [0, 0.05) is 0 Å². The van der Waals surface area contributed by atoms with E-state index in [0.717, 1.165) is 6.42 Å². The van der Waals surface area contributed by atoms with Crippen molar-refractivity contribution in [3.8, 4) is 0 Å². The fourth-order valence-corrected chi connectivity index (χ4v) is 9.85. The molecular formula is C4H9Cl5Si2. The summed E-state index contributed by atoms with van der Waals surface area (Å²) in [7, 11) is 0. The van der Waals surface area contributed by atoms with Crippen LogP contribution in [0.25, 0.3) is 0 Å². The zero-order valence-corrected chi connectivity index (χ0v) is 12.0. The molecule has 0 bridgehead atoms. The Kier molecular flexibility index (Phi) is 5.16. The number of rotatable bonds is 3. The molecule has 1 atom stereocenters. The van der Waals surface area contributed by atoms with Crippen molar-refractivity contribution >= 4 is 67.1 Å². The van der Waals surface area contributed by atoms with Crippen LogP contribution in [0.15, 0.2) is 0 Å². The van der Waals surface area contributed by atoms with Gasteiger partial charge in [0.1, 0.15) is 0 Å². The Morgan fingerprint density at radius 1 is 1.09 bits per heavy atom. The molecule has 7 heteroatoms. The fourth-order valence-electron chi connectivity index (χ4n) is 0.536. The molecule has 0 saturated carbocycles. The summed E-state index contributed by atoms with van der Waals surface area (Å²) >= 11 is 29.4. The first-order chi connectivity index (χ1) is 4.73. The average Bonchev–Trinajstić information content (AvgIpc) is 1.83. The normalized spacial score (nSPS) is 16.6. The first-order valence-electron chi connectivity index (χ1n) is 3.18. The molecule has 0 aliphatic carbocycles. The molecule has 1 unspecified atom stereocenters. The zero-order valence-electron chi connectivity index (χ0n) is 6.17. The Morgan fingerprint density at radius 2 is 1.45 bits per heavy atom. The third-order valence-electron chi connectivity index (χ3n) is 1.61. The third-order valence-corrected chi connectivity index (χ3v) is 28.4. The number of halogens is 5. The van der Waals surface area contributed by atoms with Crippen molar-refractivity contribution in [1.82, 2.24) is 0 Å². The predicted octanol–water partition coefficient (Wildman–Crippen LogP) is 4.44. The van der Waals surface area contributed by atoms with Crippen LogP contribution in [0.1, 0.15) is 20.3 Å². The molecule has 0 fully saturated rings. The van der Waals surface area contributed by atoms with Crippen LogP contribution >= 0.6 is 55.4 Å². The minimum atomic E-state index is -2.88. The Labute approximate surface area is 92.4 Å². The summed E-state index contributed by atoms with van der Waals surface area (Å²) in [5.41, 5.74) is -2.74. The first-order valence-corrected chi connectivity index (χ1v) is 13.3. The van der Waals surface area contributed by atoms with E-state index in [1.165, 1.54) is 0 Å². The van der Waals surface area contributed by atoms with E-state index in [1.54, 1.807) is 0 Å². The Balaban J connectivity index is 4.45. The van der Waals surface area contributed by atoms with Gasteiger partial charge < -0.3 is 0 Å². The van der Waals surface area contributed by atoms with Crippen molar-refractivity contribution in [3.05, 3.63) is 0 Å². The number of hydrogen-bond acceptors (Lipinski definition) is 0. The largest absolute Gasteiger partial charge is 0.358 e. The topological polar surface area (TPSA) is 0 Å². The van der Waals surface area contributed by atoms with Crippen LogP contribution in [0, 0.1) is 0 Å². The summed E-state index contributed by atoms with van der Waals surface area (Å²) in [5, 5.41) is 0. The van der Waals surface area contributed by atoms with Gasteiger partial charge in [-0.2, -0.15) is 0 Å². The van der Waals surface area contributed by atoms with Crippen LogP contribution in [0.5, 0.6) is 0 Å². The summed E-state index contributed by atoms with van der Waals surface area (Å²) in [5.74, 6) is 0. The second kappa shape index (κ2) is 4.40. The van der Waals surface area contributed by atoms with E-state index in [-0.39, 0.29) is 5.54 Å². The first kappa shape index (κ1) is 12.9. The summed E-state index contributed by atoms with van der Waals surface area (Å²) in [6.45, 7) is 3.92. The molecule has 11 heavy (non-hydrogen) atoms. The molecule has 0 rings (SSSR count). The van der Waals surface area contributed by atoms with Crippen molar-refractivity contribution in [1.29, 1.82) is 0 Å². The highest BCUT2D eigenvalue weighted by Crippen LogP contribution is 2.45. The molecule has 0 aromatic rings. The standard InChI is InChI=1S/C4H9Cl5Si2/c1-3-4(2)10(5,6)11(7,8)9/h4H,3H2,1-2H3. The monoisotopic (exact) mass is 288 g/mol. The molecule has 68 valence electrons. The van der Waals surface area contributed by atoms with Gasteiger partial charge >= 0.3 is 5.52 Å². The maximum absolute atomic E-state index is 6.03. The van der Waals surface area contributed by atoms with E-state index in [2.05, 4.69) is 0 Å². The minimum Gasteiger partial charge on any atom is -0.145 e. The van der Waals surface area contributed by atoms with Gasteiger partial charge in [0.2, 0.25) is 0 Å². The van der Waals surface area contributed by atoms with Crippen LogP contribution in [-0.2, 0) is 0 Å². The predicted molar refractivity (Wildman–Crippen MR) is 60.5 cm³/mol. The van der Waals surface area contributed by atoms with E-state index in [0.29, 0.717) is 0 Å². The highest BCUT2D eigenvalue weighted by molar-refractivity contribution is 8.02. The summed E-state index contributed by atoms with van der Waals surface area (Å²) in [6, 6.07) is 0. The van der Waals surface area contributed by atoms with Gasteiger partial charge in [0.25, 0.3) is 6.21 Å². The lowest BCUT2D eigenvalue weighted by Gasteiger charge is -2.27. The van der Waals surface area contributed by atoms with Crippen molar-refractivity contribution < 1.29 is 0 Å². The van der Waals surface area contributed by atoms with Crippen molar-refractivity contribution in [2.45, 2.75) is 25.8 Å². The van der Waals surface area contributed by atoms with Gasteiger partial charge in [-0.05, 0) is 5.54 Å². The summed E-state index contributed by atoms with van der Waals surface area (Å²) in [6.07, 6.45) is -1.77. The van der Waals surface area contributed by atoms with Crippen LogP contribution in [0.2, 0.25) is 5.54 Å². The van der Waals surface area contributed by atoms with Crippen molar-refractivity contribution in [2.24, 2.45) is 0 Å². The van der Waals surface area contributed by atoms with Crippen LogP contribution in [0.4, 0.5) is 0 Å². The highest BCUT2D eigenvalue weighted by atomic mass is 35.9. The SMILES string of the molecule is CCC(C)[Si](Cl)(Cl)[Si](Cl)(Cl)Cl. The molecule has 0 nitrogen and oxygen atoms in total. The molecule has 0 saturated heterocycles. The minimum absolute atomic E-state index is 0.144. The lowest BCUT2D eigenvalue weighted by atomic mass is 10.4. The Hall–Kier alpha value is 1.88. The highest BCUT2D eigenvalue weighted by Gasteiger charge is 2.55. The van der Waals surface area contributed by atoms with E-state index < -0.39 is 11.7 Å². The Bertz CT molecular complexity index is 131. The van der Waals surface area contributed by atoms with Crippen molar-refractivity contribution in [3.63, 3.8) is 0 Å². The summed E-state index contributed by atoms with van der Waals surface area (Å²) in [4.78, 5) is 0. The molecule has 0 aliphatic heterocycles. The summed E-state index contributed by atoms with van der Waals surface area (Å²) < 4.78 is 0. The van der Waals surface area contributed by atoms with Gasteiger partial charge in [0.05, 0.1) is 0 Å². The van der Waals surface area contributed by atoms with Crippen LogP contribution in [-0.4, -0.2) is 11.7 Å². The second-order valence-electron chi connectivity index (χ2n) is 2.43. The van der Waals surface area contributed by atoms with Gasteiger partial charge in [-0.3, -0.25) is 0 Å². The molecule has 0 aromatic carbocycles. The molecule has 0 radical (unpaired) electrons. The average molecular weight is 291 g/mol. The van der Waals surface area contributed by atoms with E-state index in [1.807, 2.05) is 13.8 Å². The molecule has 0 spiro atoms. The Morgan fingerprint density at radius 3 is 1.55 bits per heavy atom. The quantitative estimate of drug-likeness (QED) is 0.532. The molecule has 0 N–H and O–H groups in total. The van der Waals surface area contributed by atoms with Crippen molar-refractivity contribution in [2.75, 3.05) is 0 Å². The smallest absolute Gasteiger partial charge is 0.145 e. The maximum atomic E-state index is 6.03. The molecule has 0 heterocycles. The van der Waals surface area contributed by atoms with Gasteiger partial charge in [-0.15, -0.1) is 55.4 Å². The van der Waals surface area contributed by atoms with Crippen LogP contribution in [0.3, 0.4) is 0 Å². The zero-order chi connectivity index (χ0) is 9.28. The lowest BCUT2D eigenvalue weighted by molar-refractivity contribution is 0.869. The van der Waals surface area contributed by atoms with E-state index >= 15 is 0 Å². The van der Waals surface area contributed by atoms with Crippen LogP contribution < -0.4 is 0 Å². The molecular weight excluding hydrogens is 281 g/mol. The van der Waals surface area contributed by atoms with Gasteiger partial charge in [-0.25, -0.2) is 0 Å². The fraction of sp³-hybridized carbons (Fsp3) is 1.00. The van der Waals surface area contributed by atoms with Gasteiger partial charge in [-0.1, -0.05) is 20.3 Å². The lowest BCUT2D eigenvalue weighted by Crippen LogP contribution is -2.45. The maximum Gasteiger partial charge on any atom is 0.358 e. The van der Waals surface area contributed by atoms with E-state index in [4.69, 9.17) is 55.4 Å². The van der Waals surface area contributed by atoms with Gasteiger partial charge in [0.15, 0.2) is 0 Å². The number of hydrogen-bond donors (Lipinski definition) is 0. The van der Waals surface area contributed by atoms with E-state index in [9.17, 15) is 0 Å². The third kappa shape index (κ3) is 3.26.